The first kappa shape index (κ1) is 17.8. The average molecular weight is 416 g/mol. The Kier molecular flexibility index (Phi) is 4.71. The van der Waals surface area contributed by atoms with Gasteiger partial charge in [-0.2, -0.15) is 0 Å². The van der Waals surface area contributed by atoms with Crippen molar-refractivity contribution in [3.63, 3.8) is 0 Å². The Labute approximate surface area is 177 Å². The normalized spacial score (nSPS) is 12.6. The van der Waals surface area contributed by atoms with Gasteiger partial charge in [-0.05, 0) is 60.0 Å². The molecule has 1 aliphatic rings. The number of rotatable bonds is 4. The van der Waals surface area contributed by atoms with Gasteiger partial charge in [0.1, 0.15) is 17.3 Å². The van der Waals surface area contributed by atoms with E-state index in [0.717, 1.165) is 33.4 Å². The van der Waals surface area contributed by atoms with E-state index in [-0.39, 0.29) is 0 Å². The second-order valence-electron chi connectivity index (χ2n) is 6.45. The van der Waals surface area contributed by atoms with Gasteiger partial charge in [0.15, 0.2) is 0 Å². The van der Waals surface area contributed by atoms with Gasteiger partial charge in [0.2, 0.25) is 0 Å². The van der Waals surface area contributed by atoms with E-state index in [1.54, 1.807) is 23.1 Å². The second-order valence-corrected chi connectivity index (χ2v) is 8.48. The highest BCUT2D eigenvalue weighted by atomic mass is 32.2. The molecular formula is C23H17N3OS2. The molecule has 142 valence electrons. The molecule has 0 saturated carbocycles. The monoisotopic (exact) mass is 415 g/mol. The molecule has 3 aromatic carbocycles. The van der Waals surface area contributed by atoms with E-state index in [9.17, 15) is 0 Å². The van der Waals surface area contributed by atoms with E-state index in [1.165, 1.54) is 9.79 Å². The minimum atomic E-state index is 0.521. The van der Waals surface area contributed by atoms with E-state index >= 15 is 0 Å². The first-order chi connectivity index (χ1) is 14.2. The summed E-state index contributed by atoms with van der Waals surface area (Å²) >= 11 is 3.33. The SMILES string of the molecule is N/C(=N\c1ccc(Oc2ccc3c(c2)Nc2ccccc2S3)cc1)c1cccs1. The molecule has 2 heterocycles. The Morgan fingerprint density at radius 3 is 2.45 bits per heavy atom. The molecule has 0 fully saturated rings. The topological polar surface area (TPSA) is 59.6 Å². The summed E-state index contributed by atoms with van der Waals surface area (Å²) in [5.74, 6) is 2.06. The van der Waals surface area contributed by atoms with Gasteiger partial charge in [0.05, 0.1) is 21.9 Å². The summed E-state index contributed by atoms with van der Waals surface area (Å²) in [7, 11) is 0. The Bertz CT molecular complexity index is 1190. The van der Waals surface area contributed by atoms with Gasteiger partial charge in [0.25, 0.3) is 0 Å². The van der Waals surface area contributed by atoms with Crippen LogP contribution >= 0.6 is 23.1 Å². The highest BCUT2D eigenvalue weighted by molar-refractivity contribution is 7.99. The average Bonchev–Trinajstić information content (AvgIpc) is 3.29. The van der Waals surface area contributed by atoms with Crippen molar-refractivity contribution in [3.05, 3.63) is 89.1 Å². The minimum absolute atomic E-state index is 0.521. The lowest BCUT2D eigenvalue weighted by molar-refractivity contribution is 0.482. The van der Waals surface area contributed by atoms with Gasteiger partial charge in [-0.15, -0.1) is 11.3 Å². The van der Waals surface area contributed by atoms with Gasteiger partial charge in [0, 0.05) is 15.9 Å². The standard InChI is InChI=1S/C23H17N3OS2/c24-23(22-6-3-13-28-22)25-15-7-9-16(10-8-15)27-17-11-12-21-19(14-17)26-18-4-1-2-5-20(18)29-21/h1-14,26H,(H2,24,25). The highest BCUT2D eigenvalue weighted by Gasteiger charge is 2.15. The van der Waals surface area contributed by atoms with Gasteiger partial charge in [-0.25, -0.2) is 4.99 Å². The smallest absolute Gasteiger partial charge is 0.141 e. The minimum Gasteiger partial charge on any atom is -0.457 e. The van der Waals surface area contributed by atoms with Crippen molar-refractivity contribution in [3.8, 4) is 11.5 Å². The first-order valence-electron chi connectivity index (χ1n) is 9.08. The van der Waals surface area contributed by atoms with E-state index in [4.69, 9.17) is 10.5 Å². The first-order valence-corrected chi connectivity index (χ1v) is 10.8. The number of benzene rings is 3. The fourth-order valence-electron chi connectivity index (χ4n) is 3.03. The van der Waals surface area contributed by atoms with Crippen LogP contribution in [-0.4, -0.2) is 5.84 Å². The third-order valence-corrected chi connectivity index (χ3v) is 6.47. The molecule has 0 saturated heterocycles. The Morgan fingerprint density at radius 2 is 1.62 bits per heavy atom. The largest absolute Gasteiger partial charge is 0.457 e. The van der Waals surface area contributed by atoms with Crippen molar-refractivity contribution < 1.29 is 4.74 Å². The zero-order valence-electron chi connectivity index (χ0n) is 15.3. The zero-order chi connectivity index (χ0) is 19.6. The number of nitrogens with zero attached hydrogens (tertiary/aromatic N) is 1. The predicted octanol–water partition coefficient (Wildman–Crippen LogP) is 6.79. The summed E-state index contributed by atoms with van der Waals surface area (Å²) in [6.07, 6.45) is 0. The number of hydrogen-bond acceptors (Lipinski definition) is 5. The molecule has 0 atom stereocenters. The van der Waals surface area contributed by atoms with Crippen molar-refractivity contribution in [1.82, 2.24) is 0 Å². The third-order valence-electron chi connectivity index (χ3n) is 4.42. The van der Waals surface area contributed by atoms with Crippen LogP contribution in [0.15, 0.2) is 99.0 Å². The fourth-order valence-corrected chi connectivity index (χ4v) is 4.62. The van der Waals surface area contributed by atoms with Crippen LogP contribution in [0.5, 0.6) is 11.5 Å². The molecule has 0 spiro atoms. The number of fused-ring (bicyclic) bond motifs is 2. The molecule has 5 rings (SSSR count). The van der Waals surface area contributed by atoms with Crippen LogP contribution in [0.1, 0.15) is 4.88 Å². The van der Waals surface area contributed by atoms with Crippen molar-refractivity contribution in [2.24, 2.45) is 10.7 Å². The number of hydrogen-bond donors (Lipinski definition) is 2. The van der Waals surface area contributed by atoms with Crippen LogP contribution in [0.25, 0.3) is 0 Å². The Hall–Kier alpha value is -3.22. The quantitative estimate of drug-likeness (QED) is 0.251. The van der Waals surface area contributed by atoms with Crippen molar-refractivity contribution in [2.75, 3.05) is 5.32 Å². The van der Waals surface area contributed by atoms with Crippen molar-refractivity contribution in [1.29, 1.82) is 0 Å². The number of amidine groups is 1. The van der Waals surface area contributed by atoms with E-state index < -0.39 is 0 Å². The van der Waals surface area contributed by atoms with Crippen LogP contribution < -0.4 is 15.8 Å². The number of aliphatic imine (C=N–C) groups is 1. The van der Waals surface area contributed by atoms with Crippen molar-refractivity contribution >= 4 is 46.0 Å². The maximum Gasteiger partial charge on any atom is 0.141 e. The molecule has 6 heteroatoms. The number of ether oxygens (including phenoxy) is 1. The second kappa shape index (κ2) is 7.66. The maximum atomic E-state index is 6.05. The van der Waals surface area contributed by atoms with Crippen molar-refractivity contribution in [2.45, 2.75) is 9.79 Å². The van der Waals surface area contributed by atoms with Crippen LogP contribution in [-0.2, 0) is 0 Å². The number of nitrogens with two attached hydrogens (primary N) is 1. The van der Waals surface area contributed by atoms with Crippen LogP contribution in [0, 0.1) is 0 Å². The van der Waals surface area contributed by atoms with Crippen LogP contribution in [0.4, 0.5) is 17.1 Å². The molecule has 4 nitrogen and oxygen atoms in total. The molecule has 1 aromatic heterocycles. The molecule has 0 bridgehead atoms. The summed E-state index contributed by atoms with van der Waals surface area (Å²) in [6.45, 7) is 0. The van der Waals surface area contributed by atoms with Crippen LogP contribution in [0.2, 0.25) is 0 Å². The molecule has 0 radical (unpaired) electrons. The van der Waals surface area contributed by atoms with Gasteiger partial charge < -0.3 is 15.8 Å². The predicted molar refractivity (Wildman–Crippen MR) is 122 cm³/mol. The fraction of sp³-hybridized carbons (Fsp3) is 0. The molecule has 0 aliphatic carbocycles. The summed E-state index contributed by atoms with van der Waals surface area (Å²) in [5.41, 5.74) is 9.02. The Morgan fingerprint density at radius 1 is 0.828 bits per heavy atom. The number of nitrogens with one attached hydrogen (secondary N) is 1. The van der Waals surface area contributed by atoms with Gasteiger partial charge in [-0.1, -0.05) is 30.0 Å². The number of para-hydroxylation sites is 1. The van der Waals surface area contributed by atoms with Gasteiger partial charge in [-0.3, -0.25) is 0 Å². The third kappa shape index (κ3) is 3.85. The summed E-state index contributed by atoms with van der Waals surface area (Å²) in [4.78, 5) is 7.84. The molecular weight excluding hydrogens is 398 g/mol. The maximum absolute atomic E-state index is 6.05. The lowest BCUT2D eigenvalue weighted by Crippen LogP contribution is -2.10. The molecule has 1 aliphatic heterocycles. The van der Waals surface area contributed by atoms with E-state index in [0.29, 0.717) is 5.84 Å². The van der Waals surface area contributed by atoms with E-state index in [1.807, 2.05) is 60.0 Å². The zero-order valence-corrected chi connectivity index (χ0v) is 17.0. The molecule has 4 aromatic rings. The summed E-state index contributed by atoms with van der Waals surface area (Å²) < 4.78 is 6.04. The number of thiophene rings is 1. The summed E-state index contributed by atoms with van der Waals surface area (Å²) in [5, 5.41) is 5.46. The van der Waals surface area contributed by atoms with Gasteiger partial charge >= 0.3 is 0 Å². The Balaban J connectivity index is 1.32. The highest BCUT2D eigenvalue weighted by Crippen LogP contribution is 2.45. The molecule has 0 amide bonds. The lowest BCUT2D eigenvalue weighted by Gasteiger charge is -2.21. The molecule has 0 unspecified atom stereocenters. The molecule has 3 N–H and O–H groups in total. The summed E-state index contributed by atoms with van der Waals surface area (Å²) in [6, 6.07) is 25.9. The van der Waals surface area contributed by atoms with Crippen LogP contribution in [0.3, 0.4) is 0 Å². The van der Waals surface area contributed by atoms with E-state index in [2.05, 4.69) is 34.6 Å². The lowest BCUT2D eigenvalue weighted by atomic mass is 10.2. The molecule has 29 heavy (non-hydrogen) atoms. The number of anilines is 2.